The van der Waals surface area contributed by atoms with Gasteiger partial charge in [0.05, 0.1) is 0 Å². The number of piperidine rings is 1. The van der Waals surface area contributed by atoms with Crippen molar-refractivity contribution >= 4 is 5.91 Å². The van der Waals surface area contributed by atoms with Crippen LogP contribution in [0.2, 0.25) is 0 Å². The normalized spacial score (nSPS) is 26.3. The number of piperazine rings is 1. The maximum absolute atomic E-state index is 11.9. The Morgan fingerprint density at radius 2 is 2.00 bits per heavy atom. The minimum Gasteiger partial charge on any atom is -0.352 e. The maximum atomic E-state index is 11.9. The van der Waals surface area contributed by atoms with E-state index in [0.29, 0.717) is 12.5 Å². The summed E-state index contributed by atoms with van der Waals surface area (Å²) in [6, 6.07) is 0.346. The third-order valence-corrected chi connectivity index (χ3v) is 4.23. The molecule has 1 amide bonds. The number of hydrogen-bond donors (Lipinski definition) is 2. The SMILES string of the molecule is CCN1CCN(CCC(=O)NC2CCCNC2)CC1. The van der Waals surface area contributed by atoms with Crippen molar-refractivity contribution in [3.05, 3.63) is 0 Å². The van der Waals surface area contributed by atoms with Crippen LogP contribution in [0.25, 0.3) is 0 Å². The Bertz CT molecular complexity index is 271. The summed E-state index contributed by atoms with van der Waals surface area (Å²) in [5.41, 5.74) is 0. The smallest absolute Gasteiger partial charge is 0.221 e. The van der Waals surface area contributed by atoms with Gasteiger partial charge in [-0.15, -0.1) is 0 Å². The molecule has 0 aliphatic carbocycles. The van der Waals surface area contributed by atoms with E-state index in [0.717, 1.165) is 58.8 Å². The van der Waals surface area contributed by atoms with E-state index >= 15 is 0 Å². The molecule has 1 atom stereocenters. The molecule has 2 heterocycles. The molecule has 0 spiro atoms. The summed E-state index contributed by atoms with van der Waals surface area (Å²) in [4.78, 5) is 16.8. The molecule has 2 aliphatic rings. The fourth-order valence-electron chi connectivity index (χ4n) is 2.86. The topological polar surface area (TPSA) is 47.6 Å². The van der Waals surface area contributed by atoms with Crippen molar-refractivity contribution in [1.82, 2.24) is 20.4 Å². The van der Waals surface area contributed by atoms with Gasteiger partial charge in [0, 0.05) is 51.7 Å². The van der Waals surface area contributed by atoms with Gasteiger partial charge < -0.3 is 20.4 Å². The second-order valence-corrected chi connectivity index (χ2v) is 5.64. The van der Waals surface area contributed by atoms with Crippen LogP contribution in [0.3, 0.4) is 0 Å². The monoisotopic (exact) mass is 268 g/mol. The van der Waals surface area contributed by atoms with E-state index in [1.807, 2.05) is 0 Å². The summed E-state index contributed by atoms with van der Waals surface area (Å²) >= 11 is 0. The van der Waals surface area contributed by atoms with Gasteiger partial charge in [-0.25, -0.2) is 0 Å². The third-order valence-electron chi connectivity index (χ3n) is 4.23. The summed E-state index contributed by atoms with van der Waals surface area (Å²) in [6.07, 6.45) is 2.93. The molecule has 2 N–H and O–H groups in total. The van der Waals surface area contributed by atoms with Gasteiger partial charge in [0.2, 0.25) is 5.91 Å². The summed E-state index contributed by atoms with van der Waals surface area (Å²) in [5.74, 6) is 0.214. The quantitative estimate of drug-likeness (QED) is 0.730. The molecule has 0 saturated carbocycles. The third kappa shape index (κ3) is 5.09. The molecule has 2 aliphatic heterocycles. The van der Waals surface area contributed by atoms with Crippen molar-refractivity contribution in [3.63, 3.8) is 0 Å². The number of nitrogens with one attached hydrogen (secondary N) is 2. The molecule has 0 radical (unpaired) electrons. The number of likely N-dealkylation sites (N-methyl/N-ethyl adjacent to an activating group) is 1. The zero-order valence-electron chi connectivity index (χ0n) is 12.2. The Balaban J connectivity index is 1.58. The number of nitrogens with zero attached hydrogens (tertiary/aromatic N) is 2. The first-order valence-electron chi connectivity index (χ1n) is 7.72. The van der Waals surface area contributed by atoms with Crippen molar-refractivity contribution in [1.29, 1.82) is 0 Å². The lowest BCUT2D eigenvalue weighted by Gasteiger charge is -2.34. The van der Waals surface area contributed by atoms with E-state index in [1.165, 1.54) is 6.42 Å². The molecule has 110 valence electrons. The largest absolute Gasteiger partial charge is 0.352 e. The molecule has 2 rings (SSSR count). The first-order chi connectivity index (χ1) is 9.28. The Hall–Kier alpha value is -0.650. The molecular weight excluding hydrogens is 240 g/mol. The molecule has 2 fully saturated rings. The van der Waals surface area contributed by atoms with Crippen LogP contribution in [-0.2, 0) is 4.79 Å². The molecule has 0 aromatic rings. The van der Waals surface area contributed by atoms with Gasteiger partial charge in [-0.3, -0.25) is 4.79 Å². The van der Waals surface area contributed by atoms with Crippen molar-refractivity contribution < 1.29 is 4.79 Å². The van der Waals surface area contributed by atoms with Crippen molar-refractivity contribution in [2.75, 3.05) is 52.4 Å². The van der Waals surface area contributed by atoms with Gasteiger partial charge in [-0.1, -0.05) is 6.92 Å². The van der Waals surface area contributed by atoms with Gasteiger partial charge in [0.25, 0.3) is 0 Å². The zero-order valence-corrected chi connectivity index (χ0v) is 12.2. The molecule has 2 saturated heterocycles. The molecule has 0 aromatic heterocycles. The fraction of sp³-hybridized carbons (Fsp3) is 0.929. The first-order valence-corrected chi connectivity index (χ1v) is 7.72. The predicted octanol–water partition coefficient (Wildman–Crippen LogP) is -0.118. The Labute approximate surface area is 116 Å². The van der Waals surface area contributed by atoms with Crippen molar-refractivity contribution in [3.8, 4) is 0 Å². The lowest BCUT2D eigenvalue weighted by molar-refractivity contribution is -0.122. The van der Waals surface area contributed by atoms with Crippen LogP contribution in [-0.4, -0.2) is 74.1 Å². The minimum absolute atomic E-state index is 0.214. The standard InChI is InChI=1S/C14H28N4O/c1-2-17-8-10-18(11-9-17)7-5-14(19)16-13-4-3-6-15-12-13/h13,15H,2-12H2,1H3,(H,16,19). The highest BCUT2D eigenvalue weighted by Crippen LogP contribution is 2.04. The molecule has 5 heteroatoms. The van der Waals surface area contributed by atoms with E-state index in [-0.39, 0.29) is 5.91 Å². The molecule has 0 aromatic carbocycles. The number of rotatable bonds is 5. The summed E-state index contributed by atoms with van der Waals surface area (Å²) in [6.45, 7) is 10.8. The Morgan fingerprint density at radius 3 is 2.63 bits per heavy atom. The average Bonchev–Trinajstić information content (AvgIpc) is 2.47. The minimum atomic E-state index is 0.214. The van der Waals surface area contributed by atoms with Crippen LogP contribution in [0.1, 0.15) is 26.2 Å². The Kier molecular flexibility index (Phi) is 6.07. The van der Waals surface area contributed by atoms with Crippen LogP contribution >= 0.6 is 0 Å². The molecule has 5 nitrogen and oxygen atoms in total. The number of carbonyl (C=O) groups is 1. The Morgan fingerprint density at radius 1 is 1.26 bits per heavy atom. The van der Waals surface area contributed by atoms with Crippen LogP contribution in [0.5, 0.6) is 0 Å². The van der Waals surface area contributed by atoms with Gasteiger partial charge in [-0.2, -0.15) is 0 Å². The first kappa shape index (κ1) is 14.8. The average molecular weight is 268 g/mol. The second-order valence-electron chi connectivity index (χ2n) is 5.64. The van der Waals surface area contributed by atoms with Crippen LogP contribution in [0, 0.1) is 0 Å². The number of hydrogen-bond acceptors (Lipinski definition) is 4. The number of amides is 1. The molecule has 0 bridgehead atoms. The van der Waals surface area contributed by atoms with Crippen LogP contribution in [0.15, 0.2) is 0 Å². The van der Waals surface area contributed by atoms with Gasteiger partial charge in [0.15, 0.2) is 0 Å². The maximum Gasteiger partial charge on any atom is 0.221 e. The van der Waals surface area contributed by atoms with Crippen LogP contribution < -0.4 is 10.6 Å². The van der Waals surface area contributed by atoms with Gasteiger partial charge >= 0.3 is 0 Å². The molecule has 19 heavy (non-hydrogen) atoms. The highest BCUT2D eigenvalue weighted by atomic mass is 16.1. The van der Waals surface area contributed by atoms with Crippen LogP contribution in [0.4, 0.5) is 0 Å². The second kappa shape index (κ2) is 7.82. The number of carbonyl (C=O) groups excluding carboxylic acids is 1. The van der Waals surface area contributed by atoms with Gasteiger partial charge in [-0.05, 0) is 25.9 Å². The van der Waals surface area contributed by atoms with Crippen molar-refractivity contribution in [2.45, 2.75) is 32.2 Å². The van der Waals surface area contributed by atoms with Crippen molar-refractivity contribution in [2.24, 2.45) is 0 Å². The van der Waals surface area contributed by atoms with E-state index < -0.39 is 0 Å². The van der Waals surface area contributed by atoms with E-state index in [4.69, 9.17) is 0 Å². The lowest BCUT2D eigenvalue weighted by atomic mass is 10.1. The highest BCUT2D eigenvalue weighted by Gasteiger charge is 2.18. The summed E-state index contributed by atoms with van der Waals surface area (Å²) in [5, 5.41) is 6.47. The zero-order chi connectivity index (χ0) is 13.5. The molecule has 1 unspecified atom stereocenters. The highest BCUT2D eigenvalue weighted by molar-refractivity contribution is 5.76. The van der Waals surface area contributed by atoms with E-state index in [2.05, 4.69) is 27.4 Å². The van der Waals surface area contributed by atoms with Gasteiger partial charge in [0.1, 0.15) is 0 Å². The molecular formula is C14H28N4O. The predicted molar refractivity (Wildman–Crippen MR) is 77.2 cm³/mol. The van der Waals surface area contributed by atoms with E-state index in [9.17, 15) is 4.79 Å². The fourth-order valence-corrected chi connectivity index (χ4v) is 2.86. The summed E-state index contributed by atoms with van der Waals surface area (Å²) in [7, 11) is 0. The van der Waals surface area contributed by atoms with E-state index in [1.54, 1.807) is 0 Å². The lowest BCUT2D eigenvalue weighted by Crippen LogP contribution is -2.48. The summed E-state index contributed by atoms with van der Waals surface area (Å²) < 4.78 is 0.